The van der Waals surface area contributed by atoms with Gasteiger partial charge in [0, 0.05) is 12.3 Å². The molecule has 1 aliphatic rings. The smallest absolute Gasteiger partial charge is 0.496 e. The van der Waals surface area contributed by atoms with Crippen LogP contribution in [0.15, 0.2) is 51.8 Å². The number of halogens is 4. The van der Waals surface area contributed by atoms with Crippen LogP contribution in [0.5, 0.6) is 11.5 Å². The van der Waals surface area contributed by atoms with Crippen molar-refractivity contribution in [1.29, 1.82) is 0 Å². The fourth-order valence-electron chi connectivity index (χ4n) is 2.75. The molecule has 2 aromatic carbocycles. The molecular weight excluding hydrogens is 483 g/mol. The molecule has 152 valence electrons. The van der Waals surface area contributed by atoms with Gasteiger partial charge >= 0.3 is 6.36 Å². The van der Waals surface area contributed by atoms with Crippen molar-refractivity contribution in [2.45, 2.75) is 16.6 Å². The van der Waals surface area contributed by atoms with Crippen LogP contribution in [0.4, 0.5) is 13.2 Å². The molecule has 5 nitrogen and oxygen atoms in total. The second kappa shape index (κ2) is 8.13. The molecule has 0 saturated carbocycles. The summed E-state index contributed by atoms with van der Waals surface area (Å²) in [5.41, 5.74) is 0.774. The van der Waals surface area contributed by atoms with E-state index >= 15 is 0 Å². The summed E-state index contributed by atoms with van der Waals surface area (Å²) in [4.78, 5) is -0.0953. The lowest BCUT2D eigenvalue weighted by molar-refractivity contribution is -0.274. The number of hydrogen-bond acceptors (Lipinski definition) is 5. The fraction of sp³-hybridized carbons (Fsp3) is 0.294. The van der Waals surface area contributed by atoms with E-state index in [-0.39, 0.29) is 4.90 Å². The molecule has 1 unspecified atom stereocenters. The number of ether oxygens (including phenoxy) is 2. The van der Waals surface area contributed by atoms with E-state index in [1.807, 2.05) is 0 Å². The van der Waals surface area contributed by atoms with Crippen molar-refractivity contribution in [3.05, 3.63) is 52.5 Å². The van der Waals surface area contributed by atoms with Crippen LogP contribution in [0.1, 0.15) is 10.9 Å². The van der Waals surface area contributed by atoms with Crippen molar-refractivity contribution >= 4 is 37.7 Å². The predicted octanol–water partition coefficient (Wildman–Crippen LogP) is 4.79. The molecule has 28 heavy (non-hydrogen) atoms. The maximum atomic E-state index is 13.0. The standard InChI is InChI=1S/C17H15BrF3NO4S2/c1-25-15-7-2-11(10-14(15)18)16-22(8-9-27-16)28(23,24)13-5-3-12(4-6-13)26-17(19,20)21/h2-7,10,16H,8-9H2,1H3. The van der Waals surface area contributed by atoms with Crippen molar-refractivity contribution in [1.82, 2.24) is 4.31 Å². The molecule has 1 heterocycles. The number of rotatable bonds is 5. The Balaban J connectivity index is 1.87. The number of thioether (sulfide) groups is 1. The van der Waals surface area contributed by atoms with Gasteiger partial charge in [-0.3, -0.25) is 0 Å². The first kappa shape index (κ1) is 21.3. The Morgan fingerprint density at radius 2 is 1.86 bits per heavy atom. The van der Waals surface area contributed by atoms with Gasteiger partial charge in [-0.2, -0.15) is 4.31 Å². The van der Waals surface area contributed by atoms with Crippen molar-refractivity contribution in [3.8, 4) is 11.5 Å². The van der Waals surface area contributed by atoms with Crippen LogP contribution in [-0.4, -0.2) is 38.5 Å². The van der Waals surface area contributed by atoms with Crippen molar-refractivity contribution < 1.29 is 31.1 Å². The van der Waals surface area contributed by atoms with E-state index in [0.717, 1.165) is 29.8 Å². The highest BCUT2D eigenvalue weighted by Gasteiger charge is 2.37. The van der Waals surface area contributed by atoms with Gasteiger partial charge < -0.3 is 9.47 Å². The van der Waals surface area contributed by atoms with Crippen molar-refractivity contribution in [2.24, 2.45) is 0 Å². The zero-order valence-electron chi connectivity index (χ0n) is 14.4. The van der Waals surface area contributed by atoms with E-state index in [4.69, 9.17) is 4.74 Å². The van der Waals surface area contributed by atoms with Crippen LogP contribution in [0.2, 0.25) is 0 Å². The summed E-state index contributed by atoms with van der Waals surface area (Å²) in [5, 5.41) is -0.446. The van der Waals surface area contributed by atoms with Crippen molar-refractivity contribution in [3.63, 3.8) is 0 Å². The summed E-state index contributed by atoms with van der Waals surface area (Å²) in [6.45, 7) is 0.294. The van der Waals surface area contributed by atoms with E-state index < -0.39 is 27.5 Å². The van der Waals surface area contributed by atoms with Gasteiger partial charge in [0.05, 0.1) is 21.9 Å². The Morgan fingerprint density at radius 3 is 2.43 bits per heavy atom. The third-order valence-electron chi connectivity index (χ3n) is 3.97. The van der Waals surface area contributed by atoms with Gasteiger partial charge in [-0.15, -0.1) is 24.9 Å². The summed E-state index contributed by atoms with van der Waals surface area (Å²) >= 11 is 4.86. The SMILES string of the molecule is COc1ccc(C2SCCN2S(=O)(=O)c2ccc(OC(F)(F)F)cc2)cc1Br. The molecule has 3 rings (SSSR count). The van der Waals surface area contributed by atoms with Crippen LogP contribution < -0.4 is 9.47 Å². The lowest BCUT2D eigenvalue weighted by Gasteiger charge is -2.24. The molecule has 1 saturated heterocycles. The summed E-state index contributed by atoms with van der Waals surface area (Å²) in [5.74, 6) is 0.752. The summed E-state index contributed by atoms with van der Waals surface area (Å²) in [6.07, 6.45) is -4.83. The lowest BCUT2D eigenvalue weighted by atomic mass is 10.2. The molecule has 0 spiro atoms. The number of hydrogen-bond donors (Lipinski definition) is 0. The molecule has 0 aromatic heterocycles. The minimum atomic E-state index is -4.83. The Kier molecular flexibility index (Phi) is 6.18. The maximum Gasteiger partial charge on any atom is 0.573 e. The molecule has 0 bridgehead atoms. The second-order valence-corrected chi connectivity index (χ2v) is 9.69. The minimum absolute atomic E-state index is 0.0953. The first-order valence-corrected chi connectivity index (χ1v) is 11.2. The Morgan fingerprint density at radius 1 is 1.18 bits per heavy atom. The van der Waals surface area contributed by atoms with Crippen LogP contribution in [-0.2, 0) is 10.0 Å². The third kappa shape index (κ3) is 4.58. The van der Waals surface area contributed by atoms with Gasteiger partial charge in [0.1, 0.15) is 11.5 Å². The topological polar surface area (TPSA) is 55.8 Å². The van der Waals surface area contributed by atoms with E-state index in [0.29, 0.717) is 22.5 Å². The van der Waals surface area contributed by atoms with Crippen LogP contribution in [0, 0.1) is 0 Å². The van der Waals surface area contributed by atoms with E-state index in [1.54, 1.807) is 18.2 Å². The normalized spacial score (nSPS) is 18.2. The van der Waals surface area contributed by atoms with Crippen LogP contribution >= 0.6 is 27.7 Å². The first-order chi connectivity index (χ1) is 13.1. The number of alkyl halides is 3. The zero-order chi connectivity index (χ0) is 20.5. The lowest BCUT2D eigenvalue weighted by Crippen LogP contribution is -2.30. The molecule has 0 N–H and O–H groups in total. The quantitative estimate of drug-likeness (QED) is 0.594. The highest BCUT2D eigenvalue weighted by Crippen LogP contribution is 2.43. The molecule has 1 fully saturated rings. The largest absolute Gasteiger partial charge is 0.573 e. The summed E-state index contributed by atoms with van der Waals surface area (Å²) < 4.78 is 73.9. The number of benzene rings is 2. The van der Waals surface area contributed by atoms with Gasteiger partial charge in [0.2, 0.25) is 10.0 Å². The average Bonchev–Trinajstić information content (AvgIpc) is 3.11. The van der Waals surface area contributed by atoms with Gasteiger partial charge in [-0.05, 0) is 57.9 Å². The van der Waals surface area contributed by atoms with Gasteiger partial charge in [0.25, 0.3) is 0 Å². The predicted molar refractivity (Wildman–Crippen MR) is 103 cm³/mol. The molecule has 0 radical (unpaired) electrons. The third-order valence-corrected chi connectivity index (χ3v) is 7.87. The van der Waals surface area contributed by atoms with Crippen molar-refractivity contribution in [2.75, 3.05) is 19.4 Å². The highest BCUT2D eigenvalue weighted by molar-refractivity contribution is 9.10. The molecule has 0 amide bonds. The Bertz CT molecular complexity index is 952. The monoisotopic (exact) mass is 497 g/mol. The zero-order valence-corrected chi connectivity index (χ0v) is 17.7. The van der Waals surface area contributed by atoms with Crippen LogP contribution in [0.3, 0.4) is 0 Å². The molecular formula is C17H15BrF3NO4S2. The van der Waals surface area contributed by atoms with E-state index in [9.17, 15) is 21.6 Å². The number of nitrogens with zero attached hydrogens (tertiary/aromatic N) is 1. The molecule has 0 aliphatic carbocycles. The summed E-state index contributed by atoms with van der Waals surface area (Å²) in [6, 6.07) is 9.53. The minimum Gasteiger partial charge on any atom is -0.496 e. The molecule has 1 aliphatic heterocycles. The van der Waals surface area contributed by atoms with Gasteiger partial charge in [0.15, 0.2) is 0 Å². The van der Waals surface area contributed by atoms with Gasteiger partial charge in [-0.1, -0.05) is 6.07 Å². The number of methoxy groups -OCH3 is 1. The Labute approximate surface area is 173 Å². The van der Waals surface area contributed by atoms with E-state index in [1.165, 1.54) is 23.2 Å². The van der Waals surface area contributed by atoms with E-state index in [2.05, 4.69) is 20.7 Å². The summed E-state index contributed by atoms with van der Waals surface area (Å²) in [7, 11) is -2.36. The first-order valence-electron chi connectivity index (χ1n) is 7.94. The molecule has 2 aromatic rings. The molecule has 11 heteroatoms. The van der Waals surface area contributed by atoms with Crippen LogP contribution in [0.25, 0.3) is 0 Å². The number of sulfonamides is 1. The molecule has 1 atom stereocenters. The maximum absolute atomic E-state index is 13.0. The average molecular weight is 498 g/mol. The Hall–Kier alpha value is -1.43. The fourth-order valence-corrected chi connectivity index (χ4v) is 6.54. The highest BCUT2D eigenvalue weighted by atomic mass is 79.9. The second-order valence-electron chi connectivity index (χ2n) is 5.75. The van der Waals surface area contributed by atoms with Gasteiger partial charge in [-0.25, -0.2) is 8.42 Å².